The molecule has 0 spiro atoms. The number of nitrogens with zero attached hydrogens (tertiary/aromatic N) is 4. The molecule has 0 unspecified atom stereocenters. The van der Waals surface area contributed by atoms with Gasteiger partial charge in [-0.05, 0) is 47.8 Å². The first kappa shape index (κ1) is 30.0. The van der Waals surface area contributed by atoms with Gasteiger partial charge in [0.1, 0.15) is 33.3 Å². The molecule has 0 atom stereocenters. The molecule has 0 aliphatic heterocycles. The number of aromatic hydroxyl groups is 2. The quantitative estimate of drug-likeness (QED) is 0.157. The number of thioether (sulfide) groups is 2. The minimum Gasteiger partial charge on any atom is -0.543 e. The van der Waals surface area contributed by atoms with E-state index in [1.165, 1.54) is 24.3 Å². The first-order valence-electron chi connectivity index (χ1n) is 9.40. The molecule has 2 aromatic heterocycles. The Morgan fingerprint density at radius 3 is 1.47 bits per heavy atom. The van der Waals surface area contributed by atoms with Gasteiger partial charge in [-0.15, -0.1) is 0 Å². The third-order valence-corrected chi connectivity index (χ3v) is 5.26. The molecular weight excluding hydrogens is 556 g/mol. The molecule has 4 aromatic rings. The number of carbonyl (C=O) groups is 2. The van der Waals surface area contributed by atoms with Gasteiger partial charge in [0.15, 0.2) is 0 Å². The van der Waals surface area contributed by atoms with E-state index in [1.54, 1.807) is 36.4 Å². The van der Waals surface area contributed by atoms with E-state index in [0.717, 1.165) is 23.5 Å². The normalized spacial score (nSPS) is 9.28. The number of thiocyanates is 2. The molecular formula is C23H14CuN4O6S2. The number of benzene rings is 2. The first-order chi connectivity index (χ1) is 16.8. The zero-order chi connectivity index (χ0) is 25.8. The number of carbonyl (C=O) groups excluding carboxylic acids is 2. The van der Waals surface area contributed by atoms with Gasteiger partial charge in [-0.1, -0.05) is 36.4 Å². The van der Waals surface area contributed by atoms with Crippen LogP contribution in [0.2, 0.25) is 0 Å². The van der Waals surface area contributed by atoms with Crippen LogP contribution < -0.4 is 10.2 Å². The number of para-hydroxylation sites is 2. The molecule has 0 saturated carbocycles. The fourth-order valence-corrected chi connectivity index (χ4v) is 3.23. The van der Waals surface area contributed by atoms with E-state index in [1.807, 2.05) is 10.8 Å². The summed E-state index contributed by atoms with van der Waals surface area (Å²) in [5.41, 5.74) is 0.182. The predicted molar refractivity (Wildman–Crippen MR) is 127 cm³/mol. The molecule has 0 fully saturated rings. The van der Waals surface area contributed by atoms with E-state index in [9.17, 15) is 30.0 Å². The Bertz CT molecular complexity index is 1350. The maximum absolute atomic E-state index is 10.5. The molecule has 0 amide bonds. The van der Waals surface area contributed by atoms with Crippen LogP contribution in [0.5, 0.6) is 11.5 Å². The van der Waals surface area contributed by atoms with Crippen molar-refractivity contribution in [1.29, 1.82) is 10.5 Å². The van der Waals surface area contributed by atoms with Gasteiger partial charge in [0.05, 0.1) is 28.4 Å². The van der Waals surface area contributed by atoms with Crippen molar-refractivity contribution in [3.8, 4) is 22.3 Å². The second kappa shape index (κ2) is 15.1. The van der Waals surface area contributed by atoms with E-state index < -0.39 is 11.9 Å². The number of rotatable bonds is 4. The van der Waals surface area contributed by atoms with E-state index >= 15 is 0 Å². The zero-order valence-corrected chi connectivity index (χ0v) is 20.5. The molecule has 0 saturated heterocycles. The van der Waals surface area contributed by atoms with Crippen LogP contribution in [0.4, 0.5) is 0 Å². The van der Waals surface area contributed by atoms with Crippen molar-refractivity contribution >= 4 is 57.3 Å². The standard InChI is InChI=1S/2C10H7NO3.C3H2N2S2.Cu/c2*12-8-3-1-2-6-4-5-7(10(13)14)11-9(6)8;4-1-6-3-7-2-5;/h2*1-5,12H,(H,13,14);3H2;/q;;;+2/p-2. The largest absolute Gasteiger partial charge is 2.00 e. The number of pyridine rings is 2. The molecule has 10 nitrogen and oxygen atoms in total. The van der Waals surface area contributed by atoms with Crippen LogP contribution in [-0.2, 0) is 17.1 Å². The second-order valence-corrected chi connectivity index (χ2v) is 8.14. The van der Waals surface area contributed by atoms with Gasteiger partial charge in [-0.25, -0.2) is 9.97 Å². The molecule has 0 bridgehead atoms. The summed E-state index contributed by atoms with van der Waals surface area (Å²) in [5, 5.41) is 61.2. The van der Waals surface area contributed by atoms with Gasteiger partial charge in [0.25, 0.3) is 0 Å². The van der Waals surface area contributed by atoms with Crippen molar-refractivity contribution < 1.29 is 47.1 Å². The number of hydrogen-bond donors (Lipinski definition) is 2. The number of carboxylic acid groups (broad SMARTS) is 2. The van der Waals surface area contributed by atoms with Gasteiger partial charge in [-0.3, -0.25) is 0 Å². The molecule has 2 N–H and O–H groups in total. The number of hydrogen-bond acceptors (Lipinski definition) is 12. The zero-order valence-electron chi connectivity index (χ0n) is 17.9. The molecule has 36 heavy (non-hydrogen) atoms. The smallest absolute Gasteiger partial charge is 0.543 e. The van der Waals surface area contributed by atoms with Crippen LogP contribution in [0.15, 0.2) is 60.7 Å². The first-order valence-corrected chi connectivity index (χ1v) is 11.4. The predicted octanol–water partition coefficient (Wildman–Crippen LogP) is 1.98. The third-order valence-electron chi connectivity index (χ3n) is 4.06. The Hall–Kier alpha value is -4.00. The molecule has 0 aliphatic rings. The molecule has 13 heteroatoms. The van der Waals surface area contributed by atoms with Crippen LogP contribution >= 0.6 is 23.5 Å². The minimum absolute atomic E-state index is 0. The van der Waals surface area contributed by atoms with E-state index in [0.29, 0.717) is 15.9 Å². The molecule has 1 radical (unpaired) electrons. The summed E-state index contributed by atoms with van der Waals surface area (Å²) in [6.07, 6.45) is 0. The van der Waals surface area contributed by atoms with Gasteiger partial charge >= 0.3 is 17.1 Å². The summed E-state index contributed by atoms with van der Waals surface area (Å²) in [6.45, 7) is 0. The number of aromatic nitrogens is 2. The summed E-state index contributed by atoms with van der Waals surface area (Å²) < 4.78 is 0. The molecule has 2 aromatic carbocycles. The average Bonchev–Trinajstić information content (AvgIpc) is 2.85. The minimum atomic E-state index is -1.35. The second-order valence-electron chi connectivity index (χ2n) is 6.25. The van der Waals surface area contributed by atoms with E-state index in [-0.39, 0.29) is 51.0 Å². The van der Waals surface area contributed by atoms with Crippen molar-refractivity contribution in [3.63, 3.8) is 0 Å². The fraction of sp³-hybridized carbons (Fsp3) is 0.0435. The van der Waals surface area contributed by atoms with Crippen LogP contribution in [0, 0.1) is 21.3 Å². The number of phenols is 2. The van der Waals surface area contributed by atoms with Gasteiger partial charge < -0.3 is 30.0 Å². The summed E-state index contributed by atoms with van der Waals surface area (Å²) in [4.78, 5) is 28.5. The Kier molecular flexibility index (Phi) is 12.6. The summed E-state index contributed by atoms with van der Waals surface area (Å²) in [7, 11) is 0. The number of nitriles is 2. The summed E-state index contributed by atoms with van der Waals surface area (Å²) in [6, 6.07) is 15.6. The maximum atomic E-state index is 10.5. The Morgan fingerprint density at radius 1 is 0.750 bits per heavy atom. The Balaban J connectivity index is 0.000000283. The maximum Gasteiger partial charge on any atom is 2.00 e. The number of phenolic OH excluding ortho intramolecular Hbond substituents is 2. The fourth-order valence-electron chi connectivity index (χ4n) is 2.57. The average molecular weight is 570 g/mol. The molecule has 185 valence electrons. The number of fused-ring (bicyclic) bond motifs is 2. The Morgan fingerprint density at radius 2 is 1.14 bits per heavy atom. The topological polar surface area (TPSA) is 194 Å². The van der Waals surface area contributed by atoms with Gasteiger partial charge in [0.2, 0.25) is 0 Å². The monoisotopic (exact) mass is 569 g/mol. The van der Waals surface area contributed by atoms with Crippen molar-refractivity contribution in [2.45, 2.75) is 0 Å². The summed E-state index contributed by atoms with van der Waals surface area (Å²) in [5.74, 6) is -2.78. The van der Waals surface area contributed by atoms with Gasteiger partial charge in [0, 0.05) is 10.8 Å². The van der Waals surface area contributed by atoms with Crippen molar-refractivity contribution in [1.82, 2.24) is 9.97 Å². The van der Waals surface area contributed by atoms with Crippen LogP contribution in [0.25, 0.3) is 21.8 Å². The van der Waals surface area contributed by atoms with E-state index in [4.69, 9.17) is 10.5 Å². The van der Waals surface area contributed by atoms with Crippen LogP contribution in [0.1, 0.15) is 21.0 Å². The SMILES string of the molecule is N#CSCSC#N.O=C([O-])c1ccc2cccc(O)c2n1.O=C([O-])c1ccc2cccc(O)c2n1.[Cu+2]. The van der Waals surface area contributed by atoms with E-state index in [2.05, 4.69) is 9.97 Å². The summed E-state index contributed by atoms with van der Waals surface area (Å²) >= 11 is 2.16. The van der Waals surface area contributed by atoms with Crippen molar-refractivity contribution in [3.05, 3.63) is 72.1 Å². The van der Waals surface area contributed by atoms with Gasteiger partial charge in [-0.2, -0.15) is 10.5 Å². The van der Waals surface area contributed by atoms with Crippen molar-refractivity contribution in [2.75, 3.05) is 5.08 Å². The van der Waals surface area contributed by atoms with Crippen LogP contribution in [0.3, 0.4) is 0 Å². The molecule has 2 heterocycles. The van der Waals surface area contributed by atoms with Crippen molar-refractivity contribution in [2.24, 2.45) is 0 Å². The Labute approximate surface area is 223 Å². The third kappa shape index (κ3) is 8.65. The molecule has 4 rings (SSSR count). The number of aromatic carboxylic acids is 2. The van der Waals surface area contributed by atoms with Crippen LogP contribution in [-0.4, -0.2) is 37.2 Å². The number of carboxylic acids is 2. The molecule has 0 aliphatic carbocycles.